The van der Waals surface area contributed by atoms with Crippen molar-refractivity contribution >= 4 is 5.71 Å². The van der Waals surface area contributed by atoms with Gasteiger partial charge in [-0.25, -0.2) is 0 Å². The van der Waals surface area contributed by atoms with Gasteiger partial charge in [0, 0.05) is 0 Å². The van der Waals surface area contributed by atoms with E-state index in [1.165, 1.54) is 18.6 Å². The van der Waals surface area contributed by atoms with Crippen LogP contribution in [0.4, 0.5) is 0 Å². The highest BCUT2D eigenvalue weighted by Crippen LogP contribution is 2.24. The predicted octanol–water partition coefficient (Wildman–Crippen LogP) is 1.07. The van der Waals surface area contributed by atoms with Gasteiger partial charge in [0.1, 0.15) is 0 Å². The molecule has 1 aliphatic heterocycles. The van der Waals surface area contributed by atoms with Crippen LogP contribution in [0.25, 0.3) is 0 Å². The largest absolute Gasteiger partial charge is 0.299 e. The van der Waals surface area contributed by atoms with E-state index < -0.39 is 0 Å². The van der Waals surface area contributed by atoms with Crippen molar-refractivity contribution in [3.63, 3.8) is 0 Å². The van der Waals surface area contributed by atoms with E-state index in [1.54, 1.807) is 0 Å². The van der Waals surface area contributed by atoms with Gasteiger partial charge in [0.2, 0.25) is 0 Å². The maximum Gasteiger partial charge on any atom is 0.0869 e. The quantitative estimate of drug-likeness (QED) is 0.546. The maximum atomic E-state index is 4.78. The molecule has 10 heavy (non-hydrogen) atoms. The molecule has 56 valence electrons. The van der Waals surface area contributed by atoms with Crippen LogP contribution in [0.2, 0.25) is 0 Å². The summed E-state index contributed by atoms with van der Waals surface area (Å²) >= 11 is 0. The minimum atomic E-state index is 0.427. The molecule has 2 rings (SSSR count). The number of rotatable bonds is 0. The highest BCUT2D eigenvalue weighted by atomic mass is 16.8. The normalized spacial score (nSPS) is 38.3. The van der Waals surface area contributed by atoms with E-state index in [0.29, 0.717) is 6.04 Å². The van der Waals surface area contributed by atoms with Crippen LogP contribution in [-0.4, -0.2) is 11.8 Å². The molecule has 1 heterocycles. The molecule has 2 atom stereocenters. The summed E-state index contributed by atoms with van der Waals surface area (Å²) in [5.41, 5.74) is 4.08. The molecule has 2 aliphatic rings. The van der Waals surface area contributed by atoms with Crippen LogP contribution in [-0.2, 0) is 4.94 Å². The number of hydroxylamine groups is 1. The van der Waals surface area contributed by atoms with Crippen molar-refractivity contribution in [1.82, 2.24) is 5.48 Å². The number of oxime groups is 1. The van der Waals surface area contributed by atoms with Crippen molar-refractivity contribution < 1.29 is 4.94 Å². The fraction of sp³-hybridized carbons (Fsp3) is 0.857. The van der Waals surface area contributed by atoms with Gasteiger partial charge < -0.3 is 0 Å². The summed E-state index contributed by atoms with van der Waals surface area (Å²) in [6, 6.07) is 0.427. The summed E-state index contributed by atoms with van der Waals surface area (Å²) in [5, 5.41) is 3.91. The number of nitrogens with one attached hydrogen (secondary N) is 1. The molecule has 3 heteroatoms. The predicted molar refractivity (Wildman–Crippen MR) is 38.5 cm³/mol. The number of fused-ring (bicyclic) bond motifs is 1. The average Bonchev–Trinajstić information content (AvgIpc) is 2.33. The molecule has 2 unspecified atom stereocenters. The zero-order chi connectivity index (χ0) is 6.97. The number of hydrogen-bond acceptors (Lipinski definition) is 3. The van der Waals surface area contributed by atoms with E-state index in [9.17, 15) is 0 Å². The van der Waals surface area contributed by atoms with Crippen molar-refractivity contribution in [2.75, 3.05) is 0 Å². The lowest BCUT2D eigenvalue weighted by Crippen LogP contribution is -2.34. The van der Waals surface area contributed by atoms with Gasteiger partial charge in [-0.05, 0) is 25.2 Å². The van der Waals surface area contributed by atoms with E-state index in [0.717, 1.165) is 12.3 Å². The SMILES string of the molecule is CC1CCC2NON=C2C1. The lowest BCUT2D eigenvalue weighted by atomic mass is 9.86. The highest BCUT2D eigenvalue weighted by molar-refractivity contribution is 5.90. The first kappa shape index (κ1) is 6.16. The van der Waals surface area contributed by atoms with E-state index in [2.05, 4.69) is 17.6 Å². The highest BCUT2D eigenvalue weighted by Gasteiger charge is 2.28. The van der Waals surface area contributed by atoms with Gasteiger partial charge in [-0.15, -0.1) is 5.48 Å². The van der Waals surface area contributed by atoms with E-state index in [-0.39, 0.29) is 0 Å². The van der Waals surface area contributed by atoms with Gasteiger partial charge in [-0.1, -0.05) is 12.1 Å². The van der Waals surface area contributed by atoms with E-state index >= 15 is 0 Å². The van der Waals surface area contributed by atoms with Crippen LogP contribution in [0.1, 0.15) is 26.2 Å². The monoisotopic (exact) mass is 140 g/mol. The Morgan fingerprint density at radius 3 is 3.40 bits per heavy atom. The van der Waals surface area contributed by atoms with Crippen LogP contribution in [0.3, 0.4) is 0 Å². The smallest absolute Gasteiger partial charge is 0.0869 e. The second kappa shape index (κ2) is 2.23. The van der Waals surface area contributed by atoms with Crippen LogP contribution in [0.5, 0.6) is 0 Å². The zero-order valence-electron chi connectivity index (χ0n) is 6.13. The summed E-state index contributed by atoms with van der Waals surface area (Å²) in [6.45, 7) is 2.26. The van der Waals surface area contributed by atoms with Gasteiger partial charge in [0.15, 0.2) is 0 Å². The lowest BCUT2D eigenvalue weighted by Gasteiger charge is -2.21. The second-order valence-corrected chi connectivity index (χ2v) is 3.23. The molecular weight excluding hydrogens is 128 g/mol. The Balaban J connectivity index is 2.07. The average molecular weight is 140 g/mol. The summed E-state index contributed by atoms with van der Waals surface area (Å²) < 4.78 is 0. The molecule has 1 saturated carbocycles. The van der Waals surface area contributed by atoms with Gasteiger partial charge in [-0.2, -0.15) is 0 Å². The topological polar surface area (TPSA) is 33.6 Å². The van der Waals surface area contributed by atoms with Gasteiger partial charge in [-0.3, -0.25) is 4.94 Å². The molecule has 0 spiro atoms. The Hall–Kier alpha value is -0.570. The Bertz CT molecular complexity index is 167. The number of hydrogen-bond donors (Lipinski definition) is 1. The molecule has 1 N–H and O–H groups in total. The fourth-order valence-electron chi connectivity index (χ4n) is 1.60. The second-order valence-electron chi connectivity index (χ2n) is 3.23. The van der Waals surface area contributed by atoms with Gasteiger partial charge >= 0.3 is 0 Å². The Morgan fingerprint density at radius 1 is 1.60 bits per heavy atom. The van der Waals surface area contributed by atoms with Gasteiger partial charge in [0.05, 0.1) is 11.8 Å². The molecule has 1 fully saturated rings. The molecule has 0 radical (unpaired) electrons. The van der Waals surface area contributed by atoms with Crippen molar-refractivity contribution in [2.24, 2.45) is 11.1 Å². The van der Waals surface area contributed by atoms with E-state index in [1.807, 2.05) is 0 Å². The summed E-state index contributed by atoms with van der Waals surface area (Å²) in [6.07, 6.45) is 3.58. The molecule has 0 aromatic rings. The first-order valence-electron chi connectivity index (χ1n) is 3.84. The van der Waals surface area contributed by atoms with Crippen molar-refractivity contribution in [3.05, 3.63) is 0 Å². The first-order valence-corrected chi connectivity index (χ1v) is 3.84. The lowest BCUT2D eigenvalue weighted by molar-refractivity contribution is 0.0576. The molecule has 0 amide bonds. The Kier molecular flexibility index (Phi) is 1.38. The first-order chi connectivity index (χ1) is 4.86. The van der Waals surface area contributed by atoms with E-state index in [4.69, 9.17) is 4.94 Å². The minimum Gasteiger partial charge on any atom is -0.299 e. The van der Waals surface area contributed by atoms with Crippen molar-refractivity contribution in [2.45, 2.75) is 32.2 Å². The molecule has 0 bridgehead atoms. The fourth-order valence-corrected chi connectivity index (χ4v) is 1.60. The Labute approximate surface area is 60.4 Å². The summed E-state index contributed by atoms with van der Waals surface area (Å²) in [7, 11) is 0. The van der Waals surface area contributed by atoms with Gasteiger partial charge in [0.25, 0.3) is 0 Å². The molecule has 3 nitrogen and oxygen atoms in total. The third-order valence-corrected chi connectivity index (χ3v) is 2.27. The zero-order valence-corrected chi connectivity index (χ0v) is 6.13. The van der Waals surface area contributed by atoms with Crippen LogP contribution in [0, 0.1) is 5.92 Å². The summed E-state index contributed by atoms with van der Waals surface area (Å²) in [5.74, 6) is 0.790. The van der Waals surface area contributed by atoms with Crippen molar-refractivity contribution in [3.8, 4) is 0 Å². The number of nitrogens with zero attached hydrogens (tertiary/aromatic N) is 1. The molecule has 1 aliphatic carbocycles. The van der Waals surface area contributed by atoms with Crippen LogP contribution in [0.15, 0.2) is 5.16 Å². The minimum absolute atomic E-state index is 0.427. The van der Waals surface area contributed by atoms with Crippen molar-refractivity contribution in [1.29, 1.82) is 0 Å². The Morgan fingerprint density at radius 2 is 2.50 bits per heavy atom. The summed E-state index contributed by atoms with van der Waals surface area (Å²) in [4.78, 5) is 4.78. The maximum absolute atomic E-state index is 4.78. The van der Waals surface area contributed by atoms with Crippen LogP contribution >= 0.6 is 0 Å². The molecule has 0 aromatic carbocycles. The third kappa shape index (κ3) is 0.904. The molecule has 0 saturated heterocycles. The molecule has 0 aromatic heterocycles. The van der Waals surface area contributed by atoms with Crippen LogP contribution < -0.4 is 5.48 Å². The molecular formula is C7H12N2O. The third-order valence-electron chi connectivity index (χ3n) is 2.27. The standard InChI is InChI=1S/C7H12N2O/c1-5-2-3-6-7(4-5)9-10-8-6/h5-6,8H,2-4H2,1H3.